The number of benzene rings is 7. The molecule has 216 valence electrons. The summed E-state index contributed by atoms with van der Waals surface area (Å²) in [4.78, 5) is 0. The van der Waals surface area contributed by atoms with E-state index in [0.717, 1.165) is 11.4 Å². The zero-order valence-electron chi connectivity index (χ0n) is 25.5. The lowest BCUT2D eigenvalue weighted by atomic mass is 9.74. The summed E-state index contributed by atoms with van der Waals surface area (Å²) < 4.78 is 4.92. The smallest absolute Gasteiger partial charge is 0.0622 e. The molecule has 2 aromatic heterocycles. The van der Waals surface area contributed by atoms with Crippen LogP contribution in [0.5, 0.6) is 0 Å². The van der Waals surface area contributed by atoms with Gasteiger partial charge in [0.1, 0.15) is 0 Å². The molecule has 46 heavy (non-hydrogen) atoms. The molecule has 0 amide bonds. The lowest BCUT2D eigenvalue weighted by molar-refractivity contribution is 0.714. The van der Waals surface area contributed by atoms with Crippen molar-refractivity contribution in [2.45, 2.75) is 12.3 Å². The Morgan fingerprint density at radius 2 is 0.957 bits per heavy atom. The minimum Gasteiger partial charge on any atom is -0.309 e. The van der Waals surface area contributed by atoms with Crippen molar-refractivity contribution in [3.8, 4) is 22.5 Å². The third-order valence-electron chi connectivity index (χ3n) is 10.4. The van der Waals surface area contributed by atoms with Crippen LogP contribution in [0, 0.1) is 0 Å². The van der Waals surface area contributed by atoms with Crippen molar-refractivity contribution in [2.75, 3.05) is 0 Å². The molecule has 0 aliphatic heterocycles. The molecule has 1 unspecified atom stereocenters. The fourth-order valence-electron chi connectivity index (χ4n) is 8.35. The Hall–Kier alpha value is -5.86. The van der Waals surface area contributed by atoms with Gasteiger partial charge in [0, 0.05) is 43.9 Å². The Kier molecular flexibility index (Phi) is 5.16. The van der Waals surface area contributed by atoms with Crippen LogP contribution in [-0.2, 0) is 5.41 Å². The molecule has 2 heteroatoms. The number of fused-ring (bicyclic) bond motifs is 10. The lowest BCUT2D eigenvalue weighted by Gasteiger charge is -2.28. The molecule has 0 bridgehead atoms. The number of hydrogen-bond acceptors (Lipinski definition) is 0. The standard InChI is InChI=1S/C44H30N2/c1-44(29-14-3-2-4-15-29)37-22-9-5-21-36(37)42-38(44)27-26-35-34-20-8-12-25-41(34)46(43(35)42)31-17-13-16-30(28-31)45-39-23-10-6-18-32(39)33-19-7-11-24-40(33)45/h2-28H,1H3. The molecule has 7 aromatic carbocycles. The van der Waals surface area contributed by atoms with Gasteiger partial charge >= 0.3 is 0 Å². The number of nitrogens with zero attached hydrogens (tertiary/aromatic N) is 2. The summed E-state index contributed by atoms with van der Waals surface area (Å²) in [5.41, 5.74) is 13.7. The summed E-state index contributed by atoms with van der Waals surface area (Å²) in [5, 5.41) is 5.10. The summed E-state index contributed by atoms with van der Waals surface area (Å²) in [7, 11) is 0. The molecule has 0 spiro atoms. The molecule has 0 fully saturated rings. The second-order valence-electron chi connectivity index (χ2n) is 12.7. The highest BCUT2D eigenvalue weighted by atomic mass is 15.0. The van der Waals surface area contributed by atoms with Gasteiger partial charge in [-0.15, -0.1) is 0 Å². The quantitative estimate of drug-likeness (QED) is 0.195. The predicted molar refractivity (Wildman–Crippen MR) is 193 cm³/mol. The molecule has 0 saturated heterocycles. The van der Waals surface area contributed by atoms with Crippen LogP contribution in [0.1, 0.15) is 23.6 Å². The van der Waals surface area contributed by atoms with Crippen LogP contribution in [0.2, 0.25) is 0 Å². The first-order valence-electron chi connectivity index (χ1n) is 16.0. The molecular weight excluding hydrogens is 556 g/mol. The molecule has 1 aliphatic rings. The van der Waals surface area contributed by atoms with Gasteiger partial charge in [0.15, 0.2) is 0 Å². The monoisotopic (exact) mass is 586 g/mol. The van der Waals surface area contributed by atoms with Gasteiger partial charge in [-0.2, -0.15) is 0 Å². The van der Waals surface area contributed by atoms with Crippen molar-refractivity contribution >= 4 is 43.6 Å². The minimum atomic E-state index is -0.256. The van der Waals surface area contributed by atoms with Crippen LogP contribution in [-0.4, -0.2) is 9.13 Å². The number of aromatic nitrogens is 2. The van der Waals surface area contributed by atoms with Crippen LogP contribution in [0.4, 0.5) is 0 Å². The van der Waals surface area contributed by atoms with E-state index in [1.165, 1.54) is 71.4 Å². The van der Waals surface area contributed by atoms with Gasteiger partial charge in [-0.3, -0.25) is 0 Å². The lowest BCUT2D eigenvalue weighted by Crippen LogP contribution is -2.22. The van der Waals surface area contributed by atoms with E-state index in [9.17, 15) is 0 Å². The third-order valence-corrected chi connectivity index (χ3v) is 10.4. The van der Waals surface area contributed by atoms with Gasteiger partial charge in [-0.05, 0) is 65.6 Å². The van der Waals surface area contributed by atoms with E-state index in [-0.39, 0.29) is 5.41 Å². The van der Waals surface area contributed by atoms with E-state index in [1.807, 2.05) is 0 Å². The highest BCUT2D eigenvalue weighted by Gasteiger charge is 2.42. The molecule has 0 N–H and O–H groups in total. The minimum absolute atomic E-state index is 0.256. The Balaban J connectivity index is 1.31. The van der Waals surface area contributed by atoms with E-state index >= 15 is 0 Å². The average Bonchev–Trinajstić information content (AvgIpc) is 3.73. The Bertz CT molecular complexity index is 2600. The van der Waals surface area contributed by atoms with E-state index in [2.05, 4.69) is 180 Å². The molecular formula is C44H30N2. The number of para-hydroxylation sites is 3. The summed E-state index contributed by atoms with van der Waals surface area (Å²) in [6, 6.07) is 60.2. The molecule has 0 saturated carbocycles. The van der Waals surface area contributed by atoms with Crippen LogP contribution in [0.25, 0.3) is 66.1 Å². The molecule has 0 radical (unpaired) electrons. The summed E-state index contributed by atoms with van der Waals surface area (Å²) in [5.74, 6) is 0. The van der Waals surface area contributed by atoms with E-state index in [4.69, 9.17) is 0 Å². The largest absolute Gasteiger partial charge is 0.309 e. The average molecular weight is 587 g/mol. The molecule has 10 rings (SSSR count). The summed E-state index contributed by atoms with van der Waals surface area (Å²) >= 11 is 0. The zero-order valence-corrected chi connectivity index (χ0v) is 25.5. The van der Waals surface area contributed by atoms with Gasteiger partial charge in [-0.1, -0.05) is 127 Å². The highest BCUT2D eigenvalue weighted by Crippen LogP contribution is 2.55. The molecule has 9 aromatic rings. The normalized spacial score (nSPS) is 15.6. The maximum Gasteiger partial charge on any atom is 0.0622 e. The van der Waals surface area contributed by atoms with Gasteiger partial charge in [0.25, 0.3) is 0 Å². The van der Waals surface area contributed by atoms with Crippen molar-refractivity contribution in [2.24, 2.45) is 0 Å². The summed E-state index contributed by atoms with van der Waals surface area (Å²) in [6.45, 7) is 2.40. The van der Waals surface area contributed by atoms with Gasteiger partial charge in [0.2, 0.25) is 0 Å². The van der Waals surface area contributed by atoms with Gasteiger partial charge < -0.3 is 9.13 Å². The molecule has 2 heterocycles. The van der Waals surface area contributed by atoms with Crippen molar-refractivity contribution in [1.82, 2.24) is 9.13 Å². The maximum absolute atomic E-state index is 2.51. The second-order valence-corrected chi connectivity index (χ2v) is 12.7. The first-order valence-corrected chi connectivity index (χ1v) is 16.0. The molecule has 1 aliphatic carbocycles. The van der Waals surface area contributed by atoms with E-state index in [0.29, 0.717) is 0 Å². The van der Waals surface area contributed by atoms with E-state index < -0.39 is 0 Å². The Labute approximate surface area is 267 Å². The first kappa shape index (κ1) is 25.5. The van der Waals surface area contributed by atoms with Crippen molar-refractivity contribution < 1.29 is 0 Å². The topological polar surface area (TPSA) is 9.86 Å². The van der Waals surface area contributed by atoms with Gasteiger partial charge in [0.05, 0.1) is 22.1 Å². The Morgan fingerprint density at radius 1 is 0.413 bits per heavy atom. The highest BCUT2D eigenvalue weighted by molar-refractivity contribution is 6.16. The Morgan fingerprint density at radius 3 is 1.65 bits per heavy atom. The molecule has 1 atom stereocenters. The SMILES string of the molecule is CC1(c2ccccc2)c2ccccc2-c2c1ccc1c3ccccc3n(-c3cccc(-n4c5ccccc5c5ccccc54)c3)c21. The van der Waals surface area contributed by atoms with E-state index in [1.54, 1.807) is 0 Å². The zero-order chi connectivity index (χ0) is 30.4. The molecule has 2 nitrogen and oxygen atoms in total. The second kappa shape index (κ2) is 9.32. The first-order chi connectivity index (χ1) is 22.7. The van der Waals surface area contributed by atoms with Crippen LogP contribution >= 0.6 is 0 Å². The van der Waals surface area contributed by atoms with Crippen LogP contribution < -0.4 is 0 Å². The fourth-order valence-corrected chi connectivity index (χ4v) is 8.35. The predicted octanol–water partition coefficient (Wildman–Crippen LogP) is 11.2. The fraction of sp³-hybridized carbons (Fsp3) is 0.0455. The maximum atomic E-state index is 2.51. The van der Waals surface area contributed by atoms with Crippen LogP contribution in [0.3, 0.4) is 0 Å². The van der Waals surface area contributed by atoms with Gasteiger partial charge in [-0.25, -0.2) is 0 Å². The summed E-state index contributed by atoms with van der Waals surface area (Å²) in [6.07, 6.45) is 0. The van der Waals surface area contributed by atoms with Crippen LogP contribution in [0.15, 0.2) is 164 Å². The number of hydrogen-bond donors (Lipinski definition) is 0. The third kappa shape index (κ3) is 3.25. The van der Waals surface area contributed by atoms with Crippen molar-refractivity contribution in [1.29, 1.82) is 0 Å². The van der Waals surface area contributed by atoms with Crippen molar-refractivity contribution in [3.63, 3.8) is 0 Å². The number of rotatable bonds is 3. The van der Waals surface area contributed by atoms with Crippen molar-refractivity contribution in [3.05, 3.63) is 180 Å².